The minimum absolute atomic E-state index is 0.0392. The van der Waals surface area contributed by atoms with E-state index in [2.05, 4.69) is 0 Å². The smallest absolute Gasteiger partial charge is 0.190 e. The lowest BCUT2D eigenvalue weighted by Gasteiger charge is -2.63. The number of carbonyl (C=O) groups is 2. The summed E-state index contributed by atoms with van der Waals surface area (Å²) in [6.45, 7) is 2.29. The zero-order valence-corrected chi connectivity index (χ0v) is 16.0. The normalized spacial score (nSPS) is 52.5. The van der Waals surface area contributed by atoms with Crippen molar-refractivity contribution in [2.45, 2.75) is 63.1 Å². The molecule has 28 heavy (non-hydrogen) atoms. The molecule has 0 aromatic carbocycles. The molecule has 7 heteroatoms. The molecule has 0 bridgehead atoms. The first-order valence-corrected chi connectivity index (χ1v) is 9.78. The van der Waals surface area contributed by atoms with Gasteiger partial charge in [0.15, 0.2) is 17.2 Å². The fourth-order valence-corrected chi connectivity index (χ4v) is 6.80. The van der Waals surface area contributed by atoms with E-state index in [1.54, 1.807) is 6.92 Å². The van der Waals surface area contributed by atoms with Gasteiger partial charge in [-0.3, -0.25) is 9.59 Å². The first kappa shape index (κ1) is 19.9. The van der Waals surface area contributed by atoms with Crippen LogP contribution in [0.15, 0.2) is 23.8 Å². The molecule has 0 spiro atoms. The second-order valence-electron chi connectivity index (χ2n) is 9.34. The summed E-state index contributed by atoms with van der Waals surface area (Å²) in [5.41, 5.74) is -6.71. The lowest BCUT2D eigenvalue weighted by Crippen LogP contribution is -2.70. The van der Waals surface area contributed by atoms with Gasteiger partial charge in [0.25, 0.3) is 0 Å². The summed E-state index contributed by atoms with van der Waals surface area (Å²) in [5.74, 6) is -2.63. The molecule has 4 aliphatic carbocycles. The number of ketones is 2. The van der Waals surface area contributed by atoms with Crippen LogP contribution in [-0.4, -0.2) is 57.0 Å². The monoisotopic (exact) mass is 396 g/mol. The van der Waals surface area contributed by atoms with Gasteiger partial charge in [-0.25, -0.2) is 8.78 Å². The molecule has 0 aliphatic heterocycles. The second kappa shape index (κ2) is 5.80. The average molecular weight is 396 g/mol. The summed E-state index contributed by atoms with van der Waals surface area (Å²) >= 11 is 0. The molecular formula is C21H26F2O5. The highest BCUT2D eigenvalue weighted by Gasteiger charge is 2.75. The van der Waals surface area contributed by atoms with E-state index in [1.807, 2.05) is 0 Å². The van der Waals surface area contributed by atoms with Crippen LogP contribution in [0.25, 0.3) is 0 Å². The molecule has 8 atom stereocenters. The van der Waals surface area contributed by atoms with Crippen LogP contribution in [0.3, 0.4) is 0 Å². The highest BCUT2D eigenvalue weighted by molar-refractivity contribution is 6.01. The van der Waals surface area contributed by atoms with Crippen molar-refractivity contribution < 1.29 is 33.7 Å². The van der Waals surface area contributed by atoms with Gasteiger partial charge in [0.05, 0.1) is 6.10 Å². The van der Waals surface area contributed by atoms with Crippen molar-refractivity contribution in [1.82, 2.24) is 0 Å². The van der Waals surface area contributed by atoms with Crippen molar-refractivity contribution in [3.8, 4) is 0 Å². The Labute approximate surface area is 162 Å². The Balaban J connectivity index is 1.84. The van der Waals surface area contributed by atoms with Crippen molar-refractivity contribution in [3.05, 3.63) is 23.8 Å². The highest BCUT2D eigenvalue weighted by Crippen LogP contribution is 2.69. The Bertz CT molecular complexity index is 809. The summed E-state index contributed by atoms with van der Waals surface area (Å²) in [6.07, 6.45) is 0.509. The molecule has 4 aliphatic rings. The molecule has 154 valence electrons. The van der Waals surface area contributed by atoms with Crippen LogP contribution in [0.4, 0.5) is 8.78 Å². The van der Waals surface area contributed by atoms with Crippen molar-refractivity contribution in [1.29, 1.82) is 0 Å². The van der Waals surface area contributed by atoms with Crippen molar-refractivity contribution in [2.24, 2.45) is 22.7 Å². The molecule has 0 aromatic heterocycles. The molecular weight excluding hydrogens is 370 g/mol. The number of alkyl halides is 2. The first-order valence-electron chi connectivity index (χ1n) is 9.78. The molecule has 3 fully saturated rings. The van der Waals surface area contributed by atoms with Gasteiger partial charge in [0, 0.05) is 16.7 Å². The van der Waals surface area contributed by atoms with Gasteiger partial charge in [-0.15, -0.1) is 0 Å². The number of fused-ring (bicyclic) bond motifs is 5. The zero-order valence-electron chi connectivity index (χ0n) is 16.0. The van der Waals surface area contributed by atoms with E-state index >= 15 is 8.78 Å². The Morgan fingerprint density at radius 1 is 1.32 bits per heavy atom. The summed E-state index contributed by atoms with van der Waals surface area (Å²) in [5, 5.41) is 31.4. The van der Waals surface area contributed by atoms with E-state index in [0.29, 0.717) is 6.42 Å². The third-order valence-electron chi connectivity index (χ3n) is 8.39. The van der Waals surface area contributed by atoms with Crippen LogP contribution in [0.2, 0.25) is 0 Å². The van der Waals surface area contributed by atoms with E-state index in [1.165, 1.54) is 19.1 Å². The number of aliphatic hydroxyl groups excluding tert-OH is 2. The Morgan fingerprint density at radius 2 is 2.00 bits per heavy atom. The summed E-state index contributed by atoms with van der Waals surface area (Å²) < 4.78 is 31.9. The summed E-state index contributed by atoms with van der Waals surface area (Å²) in [6, 6.07) is 0. The fourth-order valence-electron chi connectivity index (χ4n) is 6.80. The number of allylic oxidation sites excluding steroid dienone is 4. The predicted molar refractivity (Wildman–Crippen MR) is 95.7 cm³/mol. The zero-order chi connectivity index (χ0) is 20.7. The maximum Gasteiger partial charge on any atom is 0.190 e. The topological polar surface area (TPSA) is 94.8 Å². The number of hydrogen-bond acceptors (Lipinski definition) is 5. The number of rotatable bonds is 2. The van der Waals surface area contributed by atoms with Gasteiger partial charge in [-0.1, -0.05) is 13.0 Å². The maximum atomic E-state index is 16.7. The molecule has 0 saturated heterocycles. The van der Waals surface area contributed by atoms with Gasteiger partial charge in [0.2, 0.25) is 0 Å². The standard InChI is InChI=1S/C21H26F2O5/c1-18-5-3-11(25)7-14(18)15(22)8-13-12-4-6-20(28,17(27)10-24)19(12,2)9-16(26)21(13,18)23/h3,5,7,12-13,15-16,24,26,28H,4,6,8-10H2,1-2H3/t12-,13-,15-,16-,18-,19-,20+,21-/m0/s1. The number of aliphatic hydroxyl groups is 3. The van der Waals surface area contributed by atoms with E-state index < -0.39 is 64.4 Å². The number of Topliss-reactive ketones (excluding diaryl/α,β-unsaturated/α-hetero) is 1. The number of halogens is 2. The van der Waals surface area contributed by atoms with Crippen LogP contribution in [0, 0.1) is 22.7 Å². The quantitative estimate of drug-likeness (QED) is 0.659. The number of hydrogen-bond donors (Lipinski definition) is 3. The van der Waals surface area contributed by atoms with E-state index in [-0.39, 0.29) is 24.8 Å². The van der Waals surface area contributed by atoms with Crippen molar-refractivity contribution >= 4 is 11.6 Å². The minimum Gasteiger partial charge on any atom is -0.390 e. The largest absolute Gasteiger partial charge is 0.390 e. The molecule has 0 aromatic rings. The van der Waals surface area contributed by atoms with Gasteiger partial charge in [0.1, 0.15) is 18.4 Å². The summed E-state index contributed by atoms with van der Waals surface area (Å²) in [4.78, 5) is 24.1. The summed E-state index contributed by atoms with van der Waals surface area (Å²) in [7, 11) is 0. The van der Waals surface area contributed by atoms with Gasteiger partial charge in [-0.05, 0) is 56.3 Å². The predicted octanol–water partition coefficient (Wildman–Crippen LogP) is 1.60. The van der Waals surface area contributed by atoms with Gasteiger partial charge >= 0.3 is 0 Å². The fraction of sp³-hybridized carbons (Fsp3) is 0.714. The van der Waals surface area contributed by atoms with Crippen LogP contribution in [-0.2, 0) is 9.59 Å². The Morgan fingerprint density at radius 3 is 2.64 bits per heavy atom. The van der Waals surface area contributed by atoms with Gasteiger partial charge in [-0.2, -0.15) is 0 Å². The lowest BCUT2D eigenvalue weighted by molar-refractivity contribution is -0.221. The lowest BCUT2D eigenvalue weighted by atomic mass is 9.44. The number of carbonyl (C=O) groups excluding carboxylic acids is 2. The maximum absolute atomic E-state index is 16.7. The molecule has 4 rings (SSSR count). The van der Waals surface area contributed by atoms with Crippen molar-refractivity contribution in [2.75, 3.05) is 6.61 Å². The Hall–Kier alpha value is -1.44. The molecule has 3 saturated carbocycles. The molecule has 0 unspecified atom stereocenters. The molecule has 0 amide bonds. The first-order chi connectivity index (χ1) is 13.0. The van der Waals surface area contributed by atoms with E-state index in [0.717, 1.165) is 6.08 Å². The SMILES string of the molecule is C[C@]12C=CC(=O)C=C1[C@@H](F)C[C@H]1[C@@H]3CC[C@@](O)(C(=O)CO)[C@@]3(C)C[C@H](O)[C@@]12F. The van der Waals surface area contributed by atoms with E-state index in [4.69, 9.17) is 0 Å². The van der Waals surface area contributed by atoms with Crippen LogP contribution < -0.4 is 0 Å². The third kappa shape index (κ3) is 2.05. The van der Waals surface area contributed by atoms with Gasteiger partial charge < -0.3 is 15.3 Å². The molecule has 0 heterocycles. The minimum atomic E-state index is -2.23. The van der Waals surface area contributed by atoms with Crippen LogP contribution in [0.1, 0.15) is 39.5 Å². The molecule has 0 radical (unpaired) electrons. The highest BCUT2D eigenvalue weighted by atomic mass is 19.1. The van der Waals surface area contributed by atoms with Crippen LogP contribution >= 0.6 is 0 Å². The average Bonchev–Trinajstić information content (AvgIpc) is 2.91. The van der Waals surface area contributed by atoms with E-state index in [9.17, 15) is 24.9 Å². The second-order valence-corrected chi connectivity index (χ2v) is 9.34. The molecule has 3 N–H and O–H groups in total. The third-order valence-corrected chi connectivity index (χ3v) is 8.39. The Kier molecular flexibility index (Phi) is 4.11. The molecule has 5 nitrogen and oxygen atoms in total. The van der Waals surface area contributed by atoms with Crippen LogP contribution in [0.5, 0.6) is 0 Å². The van der Waals surface area contributed by atoms with Crippen molar-refractivity contribution in [3.63, 3.8) is 0 Å².